The van der Waals surface area contributed by atoms with Gasteiger partial charge in [0.15, 0.2) is 5.78 Å². The quantitative estimate of drug-likeness (QED) is 0.0151. The number of aromatic nitrogens is 2. The van der Waals surface area contributed by atoms with E-state index in [1.54, 1.807) is 36.4 Å². The van der Waals surface area contributed by atoms with Crippen molar-refractivity contribution in [1.82, 2.24) is 52.5 Å². The number of carboxylic acids is 3. The summed E-state index contributed by atoms with van der Waals surface area (Å²) in [5.74, 6) is -7.07. The highest BCUT2D eigenvalue weighted by Crippen LogP contribution is 2.24. The summed E-state index contributed by atoms with van der Waals surface area (Å²) in [7, 11) is 0. The molecule has 0 saturated carbocycles. The van der Waals surface area contributed by atoms with E-state index in [1.807, 2.05) is 24.3 Å². The fourth-order valence-corrected chi connectivity index (χ4v) is 11.4. The van der Waals surface area contributed by atoms with Crippen LogP contribution in [0.4, 0.5) is 0 Å². The Morgan fingerprint density at radius 2 is 0.759 bits per heavy atom. The summed E-state index contributed by atoms with van der Waals surface area (Å²) < 4.78 is 0. The summed E-state index contributed by atoms with van der Waals surface area (Å²) in [5.41, 5.74) is 5.02. The van der Waals surface area contributed by atoms with E-state index >= 15 is 0 Å². The lowest BCUT2D eigenvalue weighted by molar-refractivity contribution is -0.137. The zero-order valence-corrected chi connectivity index (χ0v) is 61.7. The van der Waals surface area contributed by atoms with Gasteiger partial charge in [-0.05, 0) is 124 Å². The van der Waals surface area contributed by atoms with Crippen LogP contribution in [0.25, 0.3) is 22.3 Å². The Balaban J connectivity index is 1.07. The molecule has 4 rings (SSSR count). The number of hydrogen-bond acceptors (Lipinski definition) is 18. The van der Waals surface area contributed by atoms with Gasteiger partial charge in [0.05, 0.1) is 12.5 Å². The van der Waals surface area contributed by atoms with Crippen molar-refractivity contribution in [3.05, 3.63) is 120 Å². The highest BCUT2D eigenvalue weighted by atomic mass is 16.4. The van der Waals surface area contributed by atoms with Gasteiger partial charge in [0.2, 0.25) is 41.4 Å². The van der Waals surface area contributed by atoms with Crippen LogP contribution in [-0.4, -0.2) is 171 Å². The summed E-state index contributed by atoms with van der Waals surface area (Å²) in [6, 6.07) is 19.7. The lowest BCUT2D eigenvalue weighted by atomic mass is 9.91. The minimum atomic E-state index is -1.14. The summed E-state index contributed by atoms with van der Waals surface area (Å²) in [4.78, 5) is 205. The number of nitrogens with one attached hydrogen (secondary N) is 8. The van der Waals surface area contributed by atoms with Gasteiger partial charge in [-0.15, -0.1) is 0 Å². The van der Waals surface area contributed by atoms with Gasteiger partial charge >= 0.3 is 17.9 Å². The molecule has 108 heavy (non-hydrogen) atoms. The number of aliphatic carboxylic acids is 1. The molecule has 29 nitrogen and oxygen atoms in total. The third kappa shape index (κ3) is 39.4. The highest BCUT2D eigenvalue weighted by Gasteiger charge is 2.23. The number of aryl methyl sites for hydroxylation is 1. The van der Waals surface area contributed by atoms with Gasteiger partial charge in [-0.3, -0.25) is 67.1 Å². The van der Waals surface area contributed by atoms with Crippen molar-refractivity contribution in [3.8, 4) is 22.3 Å². The number of carbonyl (C=O) groups excluding carboxylic acids is 13. The lowest BCUT2D eigenvalue weighted by Gasteiger charge is -2.18. The lowest BCUT2D eigenvalue weighted by Crippen LogP contribution is -2.39. The van der Waals surface area contributed by atoms with Crippen LogP contribution >= 0.6 is 0 Å². The molecule has 0 bridgehead atoms. The van der Waals surface area contributed by atoms with E-state index in [4.69, 9.17) is 15.3 Å². The molecule has 29 heteroatoms. The zero-order chi connectivity index (χ0) is 79.0. The number of rotatable bonds is 58. The molecule has 11 N–H and O–H groups in total. The van der Waals surface area contributed by atoms with Crippen LogP contribution in [0.5, 0.6) is 0 Å². The normalized spacial score (nSPS) is 11.3. The first-order valence-corrected chi connectivity index (χ1v) is 37.0. The van der Waals surface area contributed by atoms with Gasteiger partial charge in [-0.1, -0.05) is 67.1 Å². The van der Waals surface area contributed by atoms with E-state index in [-0.39, 0.29) is 193 Å². The summed E-state index contributed by atoms with van der Waals surface area (Å²) in [6.07, 6.45) is 10.3. The van der Waals surface area contributed by atoms with Crippen molar-refractivity contribution in [2.45, 2.75) is 199 Å². The Kier molecular flexibility index (Phi) is 42.4. The molecule has 8 amide bonds. The van der Waals surface area contributed by atoms with Crippen molar-refractivity contribution >= 4 is 94.1 Å². The first kappa shape index (κ1) is 89.4. The minimum Gasteiger partial charge on any atom is -0.481 e. The Labute approximate surface area is 629 Å². The fourth-order valence-electron chi connectivity index (χ4n) is 11.4. The molecule has 2 aromatic carbocycles. The van der Waals surface area contributed by atoms with Crippen molar-refractivity contribution in [1.29, 1.82) is 0 Å². The molecule has 2 atom stereocenters. The number of ketones is 5. The maximum atomic E-state index is 13.6. The molecule has 0 saturated heterocycles. The average molecular weight is 1500 g/mol. The number of nitrogens with zero attached hydrogens (tertiary/aromatic N) is 2. The number of Topliss-reactive ketones (excluding diaryl/α,β-unsaturated/α-hetero) is 5. The van der Waals surface area contributed by atoms with Crippen LogP contribution in [0.2, 0.25) is 0 Å². The van der Waals surface area contributed by atoms with Crippen molar-refractivity contribution in [2.24, 2.45) is 5.92 Å². The highest BCUT2D eigenvalue weighted by molar-refractivity contribution is 5.95. The van der Waals surface area contributed by atoms with E-state index in [1.165, 1.54) is 31.5 Å². The molecule has 0 radical (unpaired) electrons. The summed E-state index contributed by atoms with van der Waals surface area (Å²) in [5, 5.41) is 48.4. The first-order valence-electron chi connectivity index (χ1n) is 37.0. The smallest absolute Gasteiger partial charge is 0.354 e. The van der Waals surface area contributed by atoms with Crippen LogP contribution in [0, 0.1) is 5.92 Å². The van der Waals surface area contributed by atoms with E-state index in [2.05, 4.69) is 59.1 Å². The number of carboxylic acid groups (broad SMARTS) is 3. The van der Waals surface area contributed by atoms with Crippen LogP contribution in [0.3, 0.4) is 0 Å². The second-order valence-electron chi connectivity index (χ2n) is 26.5. The number of benzene rings is 2. The van der Waals surface area contributed by atoms with Crippen LogP contribution in [0.15, 0.2) is 97.3 Å². The molecule has 2 heterocycles. The molecular formula is C79H104N10O19. The zero-order valence-electron chi connectivity index (χ0n) is 61.7. The molecule has 0 spiro atoms. The number of allylic oxidation sites excluding steroid dienone is 1. The third-order valence-electron chi connectivity index (χ3n) is 17.5. The molecule has 0 aliphatic rings. The monoisotopic (exact) mass is 1500 g/mol. The number of pyridine rings is 2. The number of aromatic carboxylic acids is 2. The van der Waals surface area contributed by atoms with Gasteiger partial charge in [0.25, 0.3) is 5.91 Å². The number of unbranched alkanes of at least 4 members (excludes halogenated alkanes) is 2. The first-order chi connectivity index (χ1) is 51.7. The van der Waals surface area contributed by atoms with E-state index in [0.29, 0.717) is 114 Å². The Hall–Kier alpha value is -11.0. The van der Waals surface area contributed by atoms with Crippen molar-refractivity contribution in [3.63, 3.8) is 0 Å². The standard InChI is InChI=1S/C79H104N10O19/c1-53(50-59(13-3-5-44-85-76(103)58-31-29-57(30-32-58)61-34-36-68(79(107)108)88-52-61)77(104)86-48-41-74(100)83-46-39-72(98)81-45-38-71(97)82-47-40-73(99)84-49-42-75(101)102)12-7-14-62(91)15-8-16-63(92)17-9-18-64(93)19-10-20-65(94)21-11-23-69(95)66(89-54(2)90)22-4-6-43-80-70(96)37-26-55-24-27-56(28-25-55)60-33-35-67(78(105)106)87-51-60/h24-25,27-36,51-52,59,66H,1,3-23,26,37-50H2,2H3,(H,80,96)(H,81,98)(H,82,97)(H,83,100)(H,84,99)(H,85,103)(H,86,104)(H,89,90)(H,101,102)(H,105,106)(H,107,108). The molecule has 2 unspecified atom stereocenters. The van der Waals surface area contributed by atoms with Gasteiger partial charge in [0, 0.05) is 178 Å². The van der Waals surface area contributed by atoms with Crippen molar-refractivity contribution in [2.75, 3.05) is 45.8 Å². The molecular weight excluding hydrogens is 1390 g/mol. The molecule has 0 aliphatic heterocycles. The van der Waals surface area contributed by atoms with Crippen LogP contribution in [0.1, 0.15) is 224 Å². The van der Waals surface area contributed by atoms with Crippen molar-refractivity contribution < 1.29 is 92.0 Å². The number of carbonyl (C=O) groups is 16. The Bertz CT molecular complexity index is 3690. The SMILES string of the molecule is C=C(CCCC(=O)CCCC(=O)CCCC(=O)CCCC(=O)CCCC(=O)C(CCCCNC(=O)CCc1ccc(-c2ccc(C(=O)O)nc2)cc1)NC(C)=O)CC(CCCCNC(=O)c1ccc(-c2ccc(C(=O)O)nc2)cc1)C(=O)NCCC(=O)NCCC(=O)NCCC(=O)NCCC(=O)NCCC(=O)O. The Morgan fingerprint density at radius 1 is 0.380 bits per heavy atom. The van der Waals surface area contributed by atoms with Gasteiger partial charge in [-0.2, -0.15) is 0 Å². The molecule has 0 aliphatic carbocycles. The second kappa shape index (κ2) is 51.3. The van der Waals surface area contributed by atoms with E-state index < -0.39 is 53.5 Å². The molecule has 4 aromatic rings. The third-order valence-corrected chi connectivity index (χ3v) is 17.5. The molecule has 0 fully saturated rings. The predicted octanol–water partition coefficient (Wildman–Crippen LogP) is 7.41. The van der Waals surface area contributed by atoms with Gasteiger partial charge < -0.3 is 57.9 Å². The van der Waals surface area contributed by atoms with Crippen LogP contribution in [-0.2, 0) is 68.7 Å². The summed E-state index contributed by atoms with van der Waals surface area (Å²) in [6.45, 7) is 6.22. The molecule has 584 valence electrons. The number of amides is 8. The van der Waals surface area contributed by atoms with Gasteiger partial charge in [0.1, 0.15) is 34.5 Å². The van der Waals surface area contributed by atoms with E-state index in [0.717, 1.165) is 27.8 Å². The average Bonchev–Trinajstić information content (AvgIpc) is 0.852. The predicted molar refractivity (Wildman–Crippen MR) is 400 cm³/mol. The largest absolute Gasteiger partial charge is 0.481 e. The topological polar surface area (TPSA) is 456 Å². The summed E-state index contributed by atoms with van der Waals surface area (Å²) >= 11 is 0. The maximum absolute atomic E-state index is 13.6. The Morgan fingerprint density at radius 3 is 1.19 bits per heavy atom. The second-order valence-corrected chi connectivity index (χ2v) is 26.5. The van der Waals surface area contributed by atoms with Crippen LogP contribution < -0.4 is 42.5 Å². The van der Waals surface area contributed by atoms with E-state index in [9.17, 15) is 76.7 Å². The minimum absolute atomic E-state index is 0.00578. The fraction of sp³-hybridized carbons (Fsp3) is 0.494. The van der Waals surface area contributed by atoms with Gasteiger partial charge in [-0.25, -0.2) is 19.6 Å². The maximum Gasteiger partial charge on any atom is 0.354 e. The molecule has 2 aromatic heterocycles. The number of hydrogen-bond donors (Lipinski definition) is 11.